The van der Waals surface area contributed by atoms with Gasteiger partial charge in [0.25, 0.3) is 0 Å². The van der Waals surface area contributed by atoms with E-state index in [1.54, 1.807) is 36.4 Å². The molecule has 0 aliphatic heterocycles. The molecule has 9 heteroatoms. The first-order valence-electron chi connectivity index (χ1n) is 12.7. The molecule has 7 nitrogen and oxygen atoms in total. The lowest BCUT2D eigenvalue weighted by Gasteiger charge is -2.35. The van der Waals surface area contributed by atoms with E-state index in [9.17, 15) is 22.4 Å². The Morgan fingerprint density at radius 1 is 0.897 bits per heavy atom. The molecule has 39 heavy (non-hydrogen) atoms. The largest absolute Gasteiger partial charge is 0.350 e. The number of aryl methyl sites for hydroxylation is 1. The van der Waals surface area contributed by atoms with E-state index in [-0.39, 0.29) is 18.9 Å². The van der Waals surface area contributed by atoms with Crippen molar-refractivity contribution in [2.45, 2.75) is 52.2 Å². The number of sulfonamides is 1. The summed E-state index contributed by atoms with van der Waals surface area (Å²) in [5, 5.41) is 2.97. The Kier molecular flexibility index (Phi) is 9.50. The van der Waals surface area contributed by atoms with Crippen LogP contribution in [-0.4, -0.2) is 49.5 Å². The van der Waals surface area contributed by atoms with Crippen molar-refractivity contribution < 1.29 is 22.4 Å². The van der Waals surface area contributed by atoms with Crippen LogP contribution in [0.3, 0.4) is 0 Å². The molecular formula is C30H36FN3O4S. The third-order valence-electron chi connectivity index (χ3n) is 6.04. The second-order valence-electron chi connectivity index (χ2n) is 10.7. The minimum Gasteiger partial charge on any atom is -0.350 e. The number of rotatable bonds is 10. The van der Waals surface area contributed by atoms with Gasteiger partial charge < -0.3 is 10.2 Å². The Bertz CT molecular complexity index is 1370. The summed E-state index contributed by atoms with van der Waals surface area (Å²) in [6.45, 7) is 6.90. The summed E-state index contributed by atoms with van der Waals surface area (Å²) >= 11 is 0. The average molecular weight is 554 g/mol. The smallest absolute Gasteiger partial charge is 0.244 e. The zero-order valence-electron chi connectivity index (χ0n) is 23.0. The Balaban J connectivity index is 2.06. The number of halogens is 1. The predicted molar refractivity (Wildman–Crippen MR) is 152 cm³/mol. The minimum atomic E-state index is -3.84. The maximum atomic E-state index is 14.0. The van der Waals surface area contributed by atoms with Gasteiger partial charge in [0.2, 0.25) is 21.8 Å². The lowest BCUT2D eigenvalue weighted by atomic mass is 10.0. The number of carbonyl (C=O) groups excluding carboxylic acids is 2. The van der Waals surface area contributed by atoms with Gasteiger partial charge in [0, 0.05) is 18.5 Å². The molecule has 0 saturated heterocycles. The summed E-state index contributed by atoms with van der Waals surface area (Å²) in [7, 11) is -3.84. The summed E-state index contributed by atoms with van der Waals surface area (Å²) in [5.41, 5.74) is 2.15. The Labute approximate surface area is 230 Å². The molecular weight excluding hydrogens is 517 g/mol. The zero-order chi connectivity index (χ0) is 28.8. The molecule has 0 bridgehead atoms. The van der Waals surface area contributed by atoms with Crippen LogP contribution >= 0.6 is 0 Å². The maximum absolute atomic E-state index is 14.0. The lowest BCUT2D eigenvalue weighted by molar-refractivity contribution is -0.140. The normalized spacial score (nSPS) is 12.5. The molecule has 0 aliphatic carbocycles. The molecule has 0 fully saturated rings. The van der Waals surface area contributed by atoms with Crippen molar-refractivity contribution in [2.75, 3.05) is 17.1 Å². The highest BCUT2D eigenvalue weighted by molar-refractivity contribution is 7.92. The van der Waals surface area contributed by atoms with Crippen LogP contribution in [0.4, 0.5) is 10.1 Å². The van der Waals surface area contributed by atoms with Gasteiger partial charge in [-0.05, 0) is 63.1 Å². The van der Waals surface area contributed by atoms with Gasteiger partial charge in [-0.2, -0.15) is 0 Å². The van der Waals surface area contributed by atoms with Gasteiger partial charge in [-0.25, -0.2) is 12.8 Å². The van der Waals surface area contributed by atoms with E-state index >= 15 is 0 Å². The van der Waals surface area contributed by atoms with E-state index in [0.717, 1.165) is 21.7 Å². The van der Waals surface area contributed by atoms with E-state index in [1.165, 1.54) is 17.0 Å². The Morgan fingerprint density at radius 2 is 1.49 bits per heavy atom. The molecule has 3 rings (SSSR count). The Hall–Kier alpha value is -3.72. The van der Waals surface area contributed by atoms with Crippen LogP contribution in [0.15, 0.2) is 78.9 Å². The van der Waals surface area contributed by atoms with E-state index in [4.69, 9.17) is 0 Å². The summed E-state index contributed by atoms with van der Waals surface area (Å²) in [6, 6.07) is 20.8. The summed E-state index contributed by atoms with van der Waals surface area (Å²) in [5.74, 6) is -1.36. The van der Waals surface area contributed by atoms with E-state index in [1.807, 2.05) is 58.0 Å². The second kappa shape index (κ2) is 12.4. The third kappa shape index (κ3) is 8.92. The number of hydrogen-bond donors (Lipinski definition) is 1. The van der Waals surface area contributed by atoms with Crippen LogP contribution in [-0.2, 0) is 32.6 Å². The molecule has 208 valence electrons. The van der Waals surface area contributed by atoms with Crippen molar-refractivity contribution in [3.63, 3.8) is 0 Å². The van der Waals surface area contributed by atoms with Gasteiger partial charge in [0.1, 0.15) is 18.4 Å². The van der Waals surface area contributed by atoms with Crippen molar-refractivity contribution in [2.24, 2.45) is 0 Å². The van der Waals surface area contributed by atoms with Crippen LogP contribution in [0.5, 0.6) is 0 Å². The highest BCUT2D eigenvalue weighted by Crippen LogP contribution is 2.21. The number of hydrogen-bond acceptors (Lipinski definition) is 4. The highest BCUT2D eigenvalue weighted by atomic mass is 32.2. The first-order chi connectivity index (χ1) is 18.2. The second-order valence-corrected chi connectivity index (χ2v) is 12.6. The molecule has 3 aromatic carbocycles. The van der Waals surface area contributed by atoms with Crippen molar-refractivity contribution in [3.05, 3.63) is 101 Å². The monoisotopic (exact) mass is 553 g/mol. The zero-order valence-corrected chi connectivity index (χ0v) is 23.8. The highest BCUT2D eigenvalue weighted by Gasteiger charge is 2.34. The van der Waals surface area contributed by atoms with Gasteiger partial charge in [-0.1, -0.05) is 60.2 Å². The van der Waals surface area contributed by atoms with Crippen molar-refractivity contribution in [1.29, 1.82) is 0 Å². The molecule has 0 heterocycles. The fraction of sp³-hybridized carbons (Fsp3) is 0.333. The van der Waals surface area contributed by atoms with Crippen LogP contribution in [0.2, 0.25) is 0 Å². The molecule has 0 saturated carbocycles. The summed E-state index contributed by atoms with van der Waals surface area (Å²) < 4.78 is 40.3. The maximum Gasteiger partial charge on any atom is 0.244 e. The van der Waals surface area contributed by atoms with E-state index in [0.29, 0.717) is 11.3 Å². The van der Waals surface area contributed by atoms with Crippen LogP contribution < -0.4 is 9.62 Å². The average Bonchev–Trinajstić information content (AvgIpc) is 2.85. The quantitative estimate of drug-likeness (QED) is 0.402. The first kappa shape index (κ1) is 29.8. The summed E-state index contributed by atoms with van der Waals surface area (Å²) in [6.07, 6.45) is 1.25. The van der Waals surface area contributed by atoms with Crippen LogP contribution in [0, 0.1) is 12.7 Å². The number of benzene rings is 3. The van der Waals surface area contributed by atoms with Gasteiger partial charge in [0.05, 0.1) is 11.9 Å². The fourth-order valence-electron chi connectivity index (χ4n) is 4.12. The lowest BCUT2D eigenvalue weighted by Crippen LogP contribution is -2.56. The van der Waals surface area contributed by atoms with Crippen LogP contribution in [0.25, 0.3) is 0 Å². The first-order valence-corrected chi connectivity index (χ1v) is 14.5. The molecule has 0 radical (unpaired) electrons. The molecule has 3 aromatic rings. The fourth-order valence-corrected chi connectivity index (χ4v) is 4.97. The topological polar surface area (TPSA) is 86.8 Å². The molecule has 0 aliphatic rings. The van der Waals surface area contributed by atoms with Crippen LogP contribution in [0.1, 0.15) is 37.5 Å². The molecule has 1 unspecified atom stereocenters. The van der Waals surface area contributed by atoms with Gasteiger partial charge in [-0.15, -0.1) is 0 Å². The number of anilines is 1. The predicted octanol–water partition coefficient (Wildman–Crippen LogP) is 4.45. The SMILES string of the molecule is Cc1ccc(N(CC(=O)N(Cc2ccc(F)cc2)C(Cc2ccccc2)C(=O)NC(C)(C)C)S(C)(=O)=O)cc1. The van der Waals surface area contributed by atoms with Gasteiger partial charge in [0.15, 0.2) is 0 Å². The number of nitrogens with zero attached hydrogens (tertiary/aromatic N) is 2. The molecule has 1 atom stereocenters. The molecule has 1 N–H and O–H groups in total. The van der Waals surface area contributed by atoms with E-state index < -0.39 is 39.9 Å². The molecule has 2 amide bonds. The van der Waals surface area contributed by atoms with Gasteiger partial charge >= 0.3 is 0 Å². The number of nitrogens with one attached hydrogen (secondary N) is 1. The Morgan fingerprint density at radius 3 is 2.03 bits per heavy atom. The minimum absolute atomic E-state index is 0.0142. The molecule has 0 spiro atoms. The number of amides is 2. The number of carbonyl (C=O) groups is 2. The molecule has 0 aromatic heterocycles. The van der Waals surface area contributed by atoms with Crippen molar-refractivity contribution in [3.8, 4) is 0 Å². The van der Waals surface area contributed by atoms with Crippen molar-refractivity contribution >= 4 is 27.5 Å². The standard InChI is InChI=1S/C30H36FN3O4S/c1-22-11-17-26(18-12-22)34(39(5,37)38)21-28(35)33(20-24-13-15-25(31)16-14-24)27(29(36)32-30(2,3)4)19-23-9-7-6-8-10-23/h6-18,27H,19-21H2,1-5H3,(H,32,36). The van der Waals surface area contributed by atoms with E-state index in [2.05, 4.69) is 5.32 Å². The van der Waals surface area contributed by atoms with Crippen molar-refractivity contribution in [1.82, 2.24) is 10.2 Å². The van der Waals surface area contributed by atoms with Gasteiger partial charge in [-0.3, -0.25) is 13.9 Å². The summed E-state index contributed by atoms with van der Waals surface area (Å²) in [4.78, 5) is 29.0. The third-order valence-corrected chi connectivity index (χ3v) is 7.18.